The summed E-state index contributed by atoms with van der Waals surface area (Å²) < 4.78 is 0.868. The average molecular weight is 690 g/mol. The number of aliphatic carboxylic acids is 1. The lowest BCUT2D eigenvalue weighted by atomic mass is 9.92. The van der Waals surface area contributed by atoms with Crippen LogP contribution in [0.4, 0.5) is 5.69 Å². The van der Waals surface area contributed by atoms with Crippen LogP contribution in [0.15, 0.2) is 28.2 Å². The van der Waals surface area contributed by atoms with Gasteiger partial charge in [0.25, 0.3) is 0 Å². The maximum Gasteiger partial charge on any atom is 0.303 e. The Morgan fingerprint density at radius 3 is 2.45 bits per heavy atom. The molecule has 17 heteroatoms. The third kappa shape index (κ3) is 11.8. The number of carbonyl (C=O) groups is 5. The molecule has 1 aliphatic heterocycles. The first-order valence-electron chi connectivity index (χ1n) is 15.4. The molecule has 0 saturated carbocycles. The molecule has 0 fully saturated rings. The van der Waals surface area contributed by atoms with Crippen LogP contribution in [0.25, 0.3) is 10.2 Å². The van der Waals surface area contributed by atoms with Gasteiger partial charge in [-0.1, -0.05) is 27.2 Å². The first kappa shape index (κ1) is 37.2. The summed E-state index contributed by atoms with van der Waals surface area (Å²) in [5.41, 5.74) is 12.1. The number of nitrogens with one attached hydrogen (secondary N) is 4. The van der Waals surface area contributed by atoms with Gasteiger partial charge in [-0.2, -0.15) is 0 Å². The number of anilines is 1. The summed E-state index contributed by atoms with van der Waals surface area (Å²) in [6, 6.07) is 3.18. The highest BCUT2D eigenvalue weighted by molar-refractivity contribution is 8.15. The molecule has 4 atom stereocenters. The van der Waals surface area contributed by atoms with Gasteiger partial charge in [-0.3, -0.25) is 34.0 Å². The van der Waals surface area contributed by atoms with Crippen molar-refractivity contribution in [3.8, 4) is 0 Å². The predicted octanol–water partition coefficient (Wildman–Crippen LogP) is 1.41. The Labute approximate surface area is 281 Å². The first-order valence-corrected chi connectivity index (χ1v) is 17.2. The Morgan fingerprint density at radius 1 is 1.04 bits per heavy atom. The van der Waals surface area contributed by atoms with Gasteiger partial charge in [0.05, 0.1) is 16.8 Å². The summed E-state index contributed by atoms with van der Waals surface area (Å²) in [7, 11) is 0. The zero-order valence-electron chi connectivity index (χ0n) is 26.7. The number of aromatic nitrogens is 1. The molecule has 0 saturated heterocycles. The van der Waals surface area contributed by atoms with E-state index >= 15 is 0 Å². The van der Waals surface area contributed by atoms with Crippen LogP contribution in [0.3, 0.4) is 0 Å². The van der Waals surface area contributed by atoms with Crippen LogP contribution in [0, 0.1) is 11.8 Å². The van der Waals surface area contributed by atoms with Crippen molar-refractivity contribution in [2.24, 2.45) is 33.3 Å². The van der Waals surface area contributed by atoms with Gasteiger partial charge in [0.1, 0.15) is 22.1 Å². The highest BCUT2D eigenvalue weighted by Crippen LogP contribution is 2.29. The number of amides is 4. The number of aliphatic imine (C=N–C) groups is 2. The van der Waals surface area contributed by atoms with Crippen LogP contribution in [0.2, 0.25) is 0 Å². The number of benzene rings is 1. The summed E-state index contributed by atoms with van der Waals surface area (Å²) in [5.74, 6) is -2.89. The second-order valence-electron chi connectivity index (χ2n) is 11.2. The molecule has 2 aromatic rings. The Bertz CT molecular complexity index is 1510. The standard InChI is InChI=1S/C30H43N9O6S2/c1-4-16(2)17(3)25(43)38-21(9-10-24(41)42)26(44)35-15-23(40)37-20(6-5-11-34-30(31)32)27(45)36-18-7-8-19-22(14-18)47-29(39-19)28-33-12-13-46-28/h7-8,14,16-17,20-21H,4-6,9-13,15H2,1-3H3,(H,35,44)(H,36,45)(H,37,40)(H,38,43)(H,41,42)(H4,31,32,34). The van der Waals surface area contributed by atoms with Gasteiger partial charge >= 0.3 is 5.97 Å². The molecule has 0 radical (unpaired) electrons. The van der Waals surface area contributed by atoms with Gasteiger partial charge < -0.3 is 37.8 Å². The van der Waals surface area contributed by atoms with Crippen molar-refractivity contribution in [1.29, 1.82) is 0 Å². The van der Waals surface area contributed by atoms with E-state index in [4.69, 9.17) is 16.6 Å². The number of thioether (sulfide) groups is 1. The second kappa shape index (κ2) is 18.2. The Balaban J connectivity index is 1.65. The number of hydrogen-bond donors (Lipinski definition) is 7. The minimum atomic E-state index is -1.15. The third-order valence-electron chi connectivity index (χ3n) is 7.64. The molecule has 0 aliphatic carbocycles. The zero-order valence-corrected chi connectivity index (χ0v) is 28.3. The number of hydrogen-bond acceptors (Lipinski definition) is 10. The molecule has 3 rings (SSSR count). The van der Waals surface area contributed by atoms with Gasteiger partial charge in [0, 0.05) is 36.9 Å². The minimum Gasteiger partial charge on any atom is -0.481 e. The smallest absolute Gasteiger partial charge is 0.303 e. The molecule has 1 aromatic carbocycles. The van der Waals surface area contributed by atoms with Crippen LogP contribution in [-0.2, 0) is 24.0 Å². The van der Waals surface area contributed by atoms with Gasteiger partial charge in [0.15, 0.2) is 5.96 Å². The molecule has 1 aromatic heterocycles. The molecule has 9 N–H and O–H groups in total. The van der Waals surface area contributed by atoms with E-state index in [9.17, 15) is 24.0 Å². The normalized spacial score (nSPS) is 15.1. The van der Waals surface area contributed by atoms with Crippen LogP contribution in [-0.4, -0.2) is 88.2 Å². The van der Waals surface area contributed by atoms with Crippen molar-refractivity contribution in [2.45, 2.75) is 65.0 Å². The maximum atomic E-state index is 13.4. The SMILES string of the molecule is CCC(C)C(C)C(=O)NC(CCC(=O)O)C(=O)NCC(=O)NC(CCCN=C(N)N)C(=O)Nc1ccc2nc(C3=NCCS3)sc2c1. The molecular formula is C30H43N9O6S2. The molecule has 2 heterocycles. The highest BCUT2D eigenvalue weighted by Gasteiger charge is 2.27. The molecular weight excluding hydrogens is 647 g/mol. The number of nitrogens with zero attached hydrogens (tertiary/aromatic N) is 3. The molecule has 0 bridgehead atoms. The summed E-state index contributed by atoms with van der Waals surface area (Å²) in [4.78, 5) is 76.2. The molecule has 4 amide bonds. The highest BCUT2D eigenvalue weighted by atomic mass is 32.2. The van der Waals surface area contributed by atoms with Gasteiger partial charge in [-0.15, -0.1) is 23.1 Å². The number of carboxylic acid groups (broad SMARTS) is 1. The largest absolute Gasteiger partial charge is 0.481 e. The summed E-state index contributed by atoms with van der Waals surface area (Å²) in [6.07, 6.45) is 0.796. The number of carboxylic acids is 1. The van der Waals surface area contributed by atoms with Gasteiger partial charge in [0.2, 0.25) is 23.6 Å². The summed E-state index contributed by atoms with van der Waals surface area (Å²) in [6.45, 7) is 6.07. The van der Waals surface area contributed by atoms with E-state index in [-0.39, 0.29) is 43.6 Å². The maximum absolute atomic E-state index is 13.4. The fourth-order valence-corrected chi connectivity index (χ4v) is 6.49. The van der Waals surface area contributed by atoms with Gasteiger partial charge in [-0.25, -0.2) is 4.98 Å². The van der Waals surface area contributed by atoms with E-state index in [1.54, 1.807) is 36.9 Å². The number of fused-ring (bicyclic) bond motifs is 1. The van der Waals surface area contributed by atoms with E-state index < -0.39 is 48.2 Å². The van der Waals surface area contributed by atoms with Crippen molar-refractivity contribution >= 4 is 79.6 Å². The van der Waals surface area contributed by atoms with E-state index in [1.165, 1.54) is 11.3 Å². The third-order valence-corrected chi connectivity index (χ3v) is 9.77. The van der Waals surface area contributed by atoms with E-state index in [0.29, 0.717) is 12.1 Å². The first-order chi connectivity index (χ1) is 22.4. The summed E-state index contributed by atoms with van der Waals surface area (Å²) >= 11 is 3.13. The van der Waals surface area contributed by atoms with E-state index in [1.807, 2.05) is 13.8 Å². The minimum absolute atomic E-state index is 0.0476. The fourth-order valence-electron chi connectivity index (χ4n) is 4.55. The Hall–Kier alpha value is -4.25. The van der Waals surface area contributed by atoms with E-state index in [2.05, 4.69) is 36.2 Å². The number of carbonyl (C=O) groups excluding carboxylic acids is 4. The molecule has 47 heavy (non-hydrogen) atoms. The fraction of sp³-hybridized carbons (Fsp3) is 0.533. The lowest BCUT2D eigenvalue weighted by Gasteiger charge is -2.23. The summed E-state index contributed by atoms with van der Waals surface area (Å²) in [5, 5.41) is 21.4. The predicted molar refractivity (Wildman–Crippen MR) is 184 cm³/mol. The molecule has 4 unspecified atom stereocenters. The second-order valence-corrected chi connectivity index (χ2v) is 13.3. The molecule has 15 nitrogen and oxygen atoms in total. The number of rotatable bonds is 18. The Kier molecular flexibility index (Phi) is 14.4. The number of nitrogens with two attached hydrogens (primary N) is 2. The Morgan fingerprint density at radius 2 is 1.79 bits per heavy atom. The zero-order chi connectivity index (χ0) is 34.5. The number of guanidine groups is 1. The van der Waals surface area contributed by atoms with Crippen molar-refractivity contribution in [3.63, 3.8) is 0 Å². The quantitative estimate of drug-likeness (QED) is 0.0674. The van der Waals surface area contributed by atoms with Crippen LogP contribution >= 0.6 is 23.1 Å². The topological polar surface area (TPSA) is 243 Å². The monoisotopic (exact) mass is 689 g/mol. The lowest BCUT2D eigenvalue weighted by molar-refractivity contribution is -0.138. The van der Waals surface area contributed by atoms with Gasteiger partial charge in [-0.05, 0) is 43.4 Å². The van der Waals surface area contributed by atoms with Crippen LogP contribution in [0.1, 0.15) is 57.9 Å². The van der Waals surface area contributed by atoms with Crippen LogP contribution < -0.4 is 32.7 Å². The molecule has 1 aliphatic rings. The molecule has 0 spiro atoms. The van der Waals surface area contributed by atoms with Crippen molar-refractivity contribution in [1.82, 2.24) is 20.9 Å². The van der Waals surface area contributed by atoms with Crippen molar-refractivity contribution in [3.05, 3.63) is 23.2 Å². The average Bonchev–Trinajstić information content (AvgIpc) is 3.72. The number of thiazole rings is 1. The molecule has 256 valence electrons. The van der Waals surface area contributed by atoms with Crippen molar-refractivity contribution < 1.29 is 29.1 Å². The van der Waals surface area contributed by atoms with E-state index in [0.717, 1.165) is 39.0 Å². The van der Waals surface area contributed by atoms with Crippen LogP contribution in [0.5, 0.6) is 0 Å². The van der Waals surface area contributed by atoms with Crippen molar-refractivity contribution in [2.75, 3.05) is 30.7 Å². The lowest BCUT2D eigenvalue weighted by Crippen LogP contribution is -2.52.